The molecular formula is C15H16F2O3. The van der Waals surface area contributed by atoms with Crippen LogP contribution < -0.4 is 0 Å². The molecule has 108 valence electrons. The molecule has 1 aliphatic carbocycles. The highest BCUT2D eigenvalue weighted by Crippen LogP contribution is 2.41. The van der Waals surface area contributed by atoms with Gasteiger partial charge >= 0.3 is 11.9 Å². The van der Waals surface area contributed by atoms with Crippen molar-refractivity contribution >= 4 is 11.8 Å². The van der Waals surface area contributed by atoms with Crippen molar-refractivity contribution in [2.45, 2.75) is 45.1 Å². The zero-order valence-electron chi connectivity index (χ0n) is 11.4. The summed E-state index contributed by atoms with van der Waals surface area (Å²) in [5, 5.41) is 0. The van der Waals surface area contributed by atoms with E-state index in [4.69, 9.17) is 4.74 Å². The van der Waals surface area contributed by atoms with Gasteiger partial charge in [0, 0.05) is 17.5 Å². The molecule has 1 aliphatic rings. The second kappa shape index (κ2) is 5.31. The van der Waals surface area contributed by atoms with Crippen LogP contribution in [0.2, 0.25) is 0 Å². The second-order valence-corrected chi connectivity index (χ2v) is 4.84. The molecule has 20 heavy (non-hydrogen) atoms. The van der Waals surface area contributed by atoms with Crippen LogP contribution in [-0.4, -0.2) is 17.7 Å². The zero-order valence-corrected chi connectivity index (χ0v) is 11.4. The minimum Gasteiger partial charge on any atom is -0.457 e. The van der Waals surface area contributed by atoms with E-state index in [9.17, 15) is 18.4 Å². The van der Waals surface area contributed by atoms with Gasteiger partial charge in [0.15, 0.2) is 0 Å². The van der Waals surface area contributed by atoms with Gasteiger partial charge in [0.2, 0.25) is 5.78 Å². The Bertz CT molecular complexity index is 552. The Labute approximate surface area is 115 Å². The summed E-state index contributed by atoms with van der Waals surface area (Å²) in [4.78, 5) is 23.1. The van der Waals surface area contributed by atoms with Crippen molar-refractivity contribution in [2.75, 3.05) is 0 Å². The number of carbonyl (C=O) groups excluding carboxylic acids is 2. The van der Waals surface area contributed by atoms with Crippen molar-refractivity contribution in [1.29, 1.82) is 0 Å². The van der Waals surface area contributed by atoms with Gasteiger partial charge in [-0.1, -0.05) is 32.0 Å². The normalized spacial score (nSPS) is 20.4. The third kappa shape index (κ3) is 2.57. The van der Waals surface area contributed by atoms with Gasteiger partial charge in [0.25, 0.3) is 0 Å². The van der Waals surface area contributed by atoms with E-state index in [1.54, 1.807) is 19.1 Å². The van der Waals surface area contributed by atoms with E-state index in [1.807, 2.05) is 6.92 Å². The maximum Gasteiger partial charge on any atom is 0.313 e. The van der Waals surface area contributed by atoms with Crippen LogP contribution in [0.3, 0.4) is 0 Å². The van der Waals surface area contributed by atoms with E-state index in [2.05, 4.69) is 0 Å². The summed E-state index contributed by atoms with van der Waals surface area (Å²) >= 11 is 0. The Balaban J connectivity index is 2.47. The summed E-state index contributed by atoms with van der Waals surface area (Å²) in [6.45, 7) is 3.52. The summed E-state index contributed by atoms with van der Waals surface area (Å²) in [5.74, 6) is -5.23. The Morgan fingerprint density at radius 2 is 2.10 bits per heavy atom. The average Bonchev–Trinajstić information content (AvgIpc) is 2.43. The van der Waals surface area contributed by atoms with Gasteiger partial charge in [-0.05, 0) is 12.0 Å². The Kier molecular flexibility index (Phi) is 3.88. The van der Waals surface area contributed by atoms with Crippen LogP contribution >= 0.6 is 0 Å². The fourth-order valence-electron chi connectivity index (χ4n) is 2.28. The van der Waals surface area contributed by atoms with Gasteiger partial charge in [-0.25, -0.2) is 0 Å². The highest BCUT2D eigenvalue weighted by Gasteiger charge is 2.48. The number of esters is 1. The van der Waals surface area contributed by atoms with Gasteiger partial charge in [-0.2, -0.15) is 8.78 Å². The van der Waals surface area contributed by atoms with E-state index < -0.39 is 30.2 Å². The maximum atomic E-state index is 13.7. The highest BCUT2D eigenvalue weighted by atomic mass is 19.3. The van der Waals surface area contributed by atoms with E-state index in [0.717, 1.165) is 5.56 Å². The predicted octanol–water partition coefficient (Wildman–Crippen LogP) is 3.47. The molecule has 0 N–H and O–H groups in total. The first kappa shape index (κ1) is 14.6. The van der Waals surface area contributed by atoms with Crippen LogP contribution in [0.1, 0.15) is 54.3 Å². The second-order valence-electron chi connectivity index (χ2n) is 4.84. The Morgan fingerprint density at radius 3 is 2.70 bits per heavy atom. The van der Waals surface area contributed by atoms with Crippen molar-refractivity contribution in [3.05, 3.63) is 34.9 Å². The van der Waals surface area contributed by atoms with E-state index in [0.29, 0.717) is 12.0 Å². The molecule has 3 nitrogen and oxygen atoms in total. The number of Topliss-reactive ketones (excluding diaryl/α,β-unsaturated/α-hetero) is 1. The van der Waals surface area contributed by atoms with Crippen molar-refractivity contribution < 1.29 is 23.1 Å². The number of ether oxygens (including phenoxy) is 1. The summed E-state index contributed by atoms with van der Waals surface area (Å²) in [5.41, 5.74) is 1.26. The first-order valence-corrected chi connectivity index (χ1v) is 6.64. The minimum absolute atomic E-state index is 0.0487. The highest BCUT2D eigenvalue weighted by molar-refractivity contribution is 6.04. The molecule has 0 saturated carbocycles. The number of fused-ring (bicyclic) bond motifs is 1. The fraction of sp³-hybridized carbons (Fsp3) is 0.467. The lowest BCUT2D eigenvalue weighted by Crippen LogP contribution is -2.37. The molecule has 0 aliphatic heterocycles. The lowest BCUT2D eigenvalue weighted by atomic mass is 9.84. The minimum atomic E-state index is -3.49. The number of alkyl halides is 2. The fourth-order valence-corrected chi connectivity index (χ4v) is 2.28. The summed E-state index contributed by atoms with van der Waals surface area (Å²) in [6.07, 6.45) is -1.01. The largest absolute Gasteiger partial charge is 0.457 e. The average molecular weight is 282 g/mol. The number of carbonyl (C=O) groups is 2. The van der Waals surface area contributed by atoms with Crippen molar-refractivity contribution in [3.63, 3.8) is 0 Å². The lowest BCUT2D eigenvalue weighted by molar-refractivity contribution is -0.153. The van der Waals surface area contributed by atoms with Crippen LogP contribution in [0.4, 0.5) is 8.78 Å². The van der Waals surface area contributed by atoms with Crippen LogP contribution in [0.5, 0.6) is 0 Å². The van der Waals surface area contributed by atoms with E-state index in [-0.39, 0.29) is 12.0 Å². The number of benzene rings is 1. The number of hydrogen-bond acceptors (Lipinski definition) is 3. The first-order valence-electron chi connectivity index (χ1n) is 6.64. The van der Waals surface area contributed by atoms with E-state index >= 15 is 0 Å². The quantitative estimate of drug-likeness (QED) is 0.797. The van der Waals surface area contributed by atoms with Gasteiger partial charge in [0.05, 0.1) is 6.42 Å². The molecule has 1 atom stereocenters. The third-order valence-electron chi connectivity index (χ3n) is 3.45. The molecule has 2 rings (SSSR count). The van der Waals surface area contributed by atoms with Crippen LogP contribution in [-0.2, 0) is 16.0 Å². The van der Waals surface area contributed by atoms with Crippen LogP contribution in [0, 0.1) is 0 Å². The number of hydrogen-bond donors (Lipinski definition) is 0. The molecule has 0 heterocycles. The number of aryl methyl sites for hydroxylation is 1. The molecule has 0 bridgehead atoms. The number of rotatable bonds is 3. The number of halogens is 2. The Morgan fingerprint density at radius 1 is 1.40 bits per heavy atom. The molecule has 1 aromatic rings. The zero-order chi connectivity index (χ0) is 14.9. The molecular weight excluding hydrogens is 266 g/mol. The van der Waals surface area contributed by atoms with Crippen LogP contribution in [0.25, 0.3) is 0 Å². The standard InChI is InChI=1S/C15H16F2O3/c1-3-9-5-6-10-11(7-9)12(20-13(18)4-2)8-15(16,17)14(10)19/h5-7,12H,3-4,8H2,1-2H3. The van der Waals surface area contributed by atoms with Gasteiger partial charge in [0.1, 0.15) is 6.10 Å². The van der Waals surface area contributed by atoms with Gasteiger partial charge in [-0.15, -0.1) is 0 Å². The van der Waals surface area contributed by atoms with Gasteiger partial charge in [-0.3, -0.25) is 9.59 Å². The summed E-state index contributed by atoms with van der Waals surface area (Å²) in [7, 11) is 0. The SMILES string of the molecule is CCC(=O)OC1CC(F)(F)C(=O)c2ccc(CC)cc21. The van der Waals surface area contributed by atoms with E-state index in [1.165, 1.54) is 6.07 Å². The molecule has 0 aromatic heterocycles. The predicted molar refractivity (Wildman–Crippen MR) is 68.8 cm³/mol. The molecule has 0 radical (unpaired) electrons. The first-order chi connectivity index (χ1) is 9.39. The molecule has 0 spiro atoms. The molecule has 0 amide bonds. The molecule has 5 heteroatoms. The molecule has 1 unspecified atom stereocenters. The van der Waals surface area contributed by atoms with Crippen molar-refractivity contribution in [2.24, 2.45) is 0 Å². The Hall–Kier alpha value is -1.78. The monoisotopic (exact) mass is 282 g/mol. The summed E-state index contributed by atoms with van der Waals surface area (Å²) < 4.78 is 32.5. The van der Waals surface area contributed by atoms with Crippen molar-refractivity contribution in [3.8, 4) is 0 Å². The smallest absolute Gasteiger partial charge is 0.313 e. The van der Waals surface area contributed by atoms with Crippen molar-refractivity contribution in [1.82, 2.24) is 0 Å². The number of ketones is 1. The summed E-state index contributed by atoms with van der Waals surface area (Å²) in [6, 6.07) is 4.73. The lowest BCUT2D eigenvalue weighted by Gasteiger charge is -2.30. The third-order valence-corrected chi connectivity index (χ3v) is 3.45. The maximum absolute atomic E-state index is 13.7. The molecule has 0 fully saturated rings. The van der Waals surface area contributed by atoms with Gasteiger partial charge < -0.3 is 4.74 Å². The topological polar surface area (TPSA) is 43.4 Å². The molecule has 0 saturated heterocycles. The van der Waals surface area contributed by atoms with Crippen LogP contribution in [0.15, 0.2) is 18.2 Å². The molecule has 1 aromatic carbocycles.